The molecule has 0 saturated heterocycles. The van der Waals surface area contributed by atoms with Crippen molar-refractivity contribution in [3.8, 4) is 11.5 Å². The Kier molecular flexibility index (Phi) is 2.94. The van der Waals surface area contributed by atoms with Crippen molar-refractivity contribution in [2.75, 3.05) is 14.2 Å². The Hall–Kier alpha value is -1.22. The maximum atomic E-state index is 5.56. The molecule has 1 N–H and O–H groups in total. The molecule has 0 radical (unpaired) electrons. The van der Waals surface area contributed by atoms with E-state index < -0.39 is 0 Å². The molecular weight excluding hydrogens is 226 g/mol. The fraction of sp³-hybridized carbons (Fsp3) is 0.600. The Morgan fingerprint density at radius 1 is 1.11 bits per heavy atom. The summed E-state index contributed by atoms with van der Waals surface area (Å²) < 4.78 is 11.1. The molecule has 2 unspecified atom stereocenters. The Labute approximate surface area is 108 Å². The highest BCUT2D eigenvalue weighted by Gasteiger charge is 2.39. The molecule has 2 aliphatic rings. The summed E-state index contributed by atoms with van der Waals surface area (Å²) in [5, 5.41) is 3.72. The Morgan fingerprint density at radius 3 is 2.39 bits per heavy atom. The zero-order chi connectivity index (χ0) is 12.7. The van der Waals surface area contributed by atoms with Crippen LogP contribution in [0.3, 0.4) is 0 Å². The summed E-state index contributed by atoms with van der Waals surface area (Å²) >= 11 is 0. The smallest absolute Gasteiger partial charge is 0.124 e. The molecule has 1 fully saturated rings. The molecule has 1 heterocycles. The van der Waals surface area contributed by atoms with Crippen LogP contribution >= 0.6 is 0 Å². The largest absolute Gasteiger partial charge is 0.496 e. The number of methoxy groups -OCH3 is 2. The van der Waals surface area contributed by atoms with Crippen molar-refractivity contribution in [1.82, 2.24) is 5.32 Å². The van der Waals surface area contributed by atoms with Gasteiger partial charge in [0, 0.05) is 23.2 Å². The normalized spacial score (nSPS) is 26.6. The lowest BCUT2D eigenvalue weighted by Crippen LogP contribution is -2.38. The first-order valence-corrected chi connectivity index (χ1v) is 6.74. The zero-order valence-corrected chi connectivity index (χ0v) is 11.3. The average Bonchev–Trinajstić information content (AvgIpc) is 3.20. The van der Waals surface area contributed by atoms with E-state index in [1.165, 1.54) is 24.0 Å². The minimum Gasteiger partial charge on any atom is -0.496 e. The Morgan fingerprint density at radius 2 is 1.78 bits per heavy atom. The number of hydrogen-bond acceptors (Lipinski definition) is 3. The molecule has 18 heavy (non-hydrogen) atoms. The predicted molar refractivity (Wildman–Crippen MR) is 71.3 cm³/mol. The van der Waals surface area contributed by atoms with Gasteiger partial charge in [-0.05, 0) is 44.2 Å². The third-order valence-corrected chi connectivity index (χ3v) is 4.09. The molecule has 0 bridgehead atoms. The molecule has 1 aliphatic heterocycles. The van der Waals surface area contributed by atoms with Gasteiger partial charge in [-0.25, -0.2) is 0 Å². The molecule has 3 rings (SSSR count). The van der Waals surface area contributed by atoms with Gasteiger partial charge in [0.1, 0.15) is 11.5 Å². The third kappa shape index (κ3) is 1.87. The average molecular weight is 247 g/mol. The van der Waals surface area contributed by atoms with Gasteiger partial charge >= 0.3 is 0 Å². The lowest BCUT2D eigenvalue weighted by Gasteiger charge is -2.33. The topological polar surface area (TPSA) is 30.5 Å². The first-order valence-electron chi connectivity index (χ1n) is 6.74. The summed E-state index contributed by atoms with van der Waals surface area (Å²) in [5.74, 6) is 2.78. The van der Waals surface area contributed by atoms with Crippen molar-refractivity contribution in [3.63, 3.8) is 0 Å². The van der Waals surface area contributed by atoms with Crippen molar-refractivity contribution < 1.29 is 9.47 Å². The number of fused-ring (bicyclic) bond motifs is 1. The van der Waals surface area contributed by atoms with E-state index in [-0.39, 0.29) is 0 Å². The highest BCUT2D eigenvalue weighted by atomic mass is 16.5. The second kappa shape index (κ2) is 4.47. The minimum atomic E-state index is 0.439. The molecule has 3 nitrogen and oxygen atoms in total. The zero-order valence-electron chi connectivity index (χ0n) is 11.3. The number of ether oxygens (including phenoxy) is 2. The molecule has 3 heteroatoms. The lowest BCUT2D eigenvalue weighted by molar-refractivity contribution is 0.342. The van der Waals surface area contributed by atoms with E-state index in [9.17, 15) is 0 Å². The van der Waals surface area contributed by atoms with Crippen LogP contribution in [0.5, 0.6) is 11.5 Å². The van der Waals surface area contributed by atoms with Crippen LogP contribution in [0, 0.1) is 5.92 Å². The summed E-state index contributed by atoms with van der Waals surface area (Å²) in [6.45, 7) is 2.25. The van der Waals surface area contributed by atoms with Crippen LogP contribution in [0.2, 0.25) is 0 Å². The van der Waals surface area contributed by atoms with Gasteiger partial charge in [-0.3, -0.25) is 0 Å². The van der Waals surface area contributed by atoms with Crippen LogP contribution in [-0.2, 0) is 6.42 Å². The predicted octanol–water partition coefficient (Wildman–Crippen LogP) is 2.69. The SMILES string of the molecule is COc1ccc(OC)c2c1CC(C)NC2C1CC1. The molecule has 1 aliphatic carbocycles. The number of benzene rings is 1. The van der Waals surface area contributed by atoms with Gasteiger partial charge in [0.05, 0.1) is 14.2 Å². The summed E-state index contributed by atoms with van der Waals surface area (Å²) in [5.41, 5.74) is 2.66. The maximum Gasteiger partial charge on any atom is 0.124 e. The lowest BCUT2D eigenvalue weighted by atomic mass is 9.87. The van der Waals surface area contributed by atoms with Gasteiger partial charge in [0.25, 0.3) is 0 Å². The molecule has 1 aromatic carbocycles. The number of hydrogen-bond donors (Lipinski definition) is 1. The van der Waals surface area contributed by atoms with Crippen LogP contribution in [0.1, 0.15) is 36.9 Å². The Bertz CT molecular complexity index is 454. The molecule has 0 spiro atoms. The molecule has 98 valence electrons. The fourth-order valence-electron chi connectivity index (χ4n) is 3.10. The highest BCUT2D eigenvalue weighted by molar-refractivity contribution is 5.52. The Balaban J connectivity index is 2.12. The summed E-state index contributed by atoms with van der Waals surface area (Å²) in [6.07, 6.45) is 3.66. The van der Waals surface area contributed by atoms with Gasteiger partial charge in [-0.1, -0.05) is 0 Å². The first-order chi connectivity index (χ1) is 8.74. The van der Waals surface area contributed by atoms with Crippen molar-refractivity contribution in [1.29, 1.82) is 0 Å². The molecule has 0 amide bonds. The van der Waals surface area contributed by atoms with Gasteiger partial charge in [0.2, 0.25) is 0 Å². The summed E-state index contributed by atoms with van der Waals surface area (Å²) in [4.78, 5) is 0. The van der Waals surface area contributed by atoms with Crippen LogP contribution < -0.4 is 14.8 Å². The van der Waals surface area contributed by atoms with Crippen LogP contribution in [0.4, 0.5) is 0 Å². The standard InChI is InChI=1S/C15H21NO2/c1-9-8-11-12(17-2)6-7-13(18-3)14(11)15(16-9)10-4-5-10/h6-7,9-10,15-16H,4-5,8H2,1-3H3. The van der Waals surface area contributed by atoms with Gasteiger partial charge in [0.15, 0.2) is 0 Å². The number of rotatable bonds is 3. The second-order valence-corrected chi connectivity index (χ2v) is 5.45. The highest BCUT2D eigenvalue weighted by Crippen LogP contribution is 2.48. The van der Waals surface area contributed by atoms with Crippen LogP contribution in [0.25, 0.3) is 0 Å². The quantitative estimate of drug-likeness (QED) is 0.890. The van der Waals surface area contributed by atoms with Crippen molar-refractivity contribution in [2.24, 2.45) is 5.92 Å². The van der Waals surface area contributed by atoms with Gasteiger partial charge < -0.3 is 14.8 Å². The molecule has 2 atom stereocenters. The third-order valence-electron chi connectivity index (χ3n) is 4.09. The number of nitrogens with one attached hydrogen (secondary N) is 1. The van der Waals surface area contributed by atoms with Crippen LogP contribution in [0.15, 0.2) is 12.1 Å². The van der Waals surface area contributed by atoms with E-state index in [0.717, 1.165) is 23.8 Å². The van der Waals surface area contributed by atoms with Gasteiger partial charge in [-0.15, -0.1) is 0 Å². The van der Waals surface area contributed by atoms with E-state index in [0.29, 0.717) is 12.1 Å². The maximum absolute atomic E-state index is 5.56. The molecular formula is C15H21NO2. The molecule has 1 saturated carbocycles. The van der Waals surface area contributed by atoms with E-state index in [1.807, 2.05) is 12.1 Å². The van der Waals surface area contributed by atoms with E-state index in [2.05, 4.69) is 12.2 Å². The molecule has 1 aromatic rings. The van der Waals surface area contributed by atoms with Crippen molar-refractivity contribution in [2.45, 2.75) is 38.3 Å². The second-order valence-electron chi connectivity index (χ2n) is 5.45. The minimum absolute atomic E-state index is 0.439. The van der Waals surface area contributed by atoms with Gasteiger partial charge in [-0.2, -0.15) is 0 Å². The first kappa shape index (κ1) is 11.8. The van der Waals surface area contributed by atoms with Crippen molar-refractivity contribution in [3.05, 3.63) is 23.3 Å². The van der Waals surface area contributed by atoms with E-state index >= 15 is 0 Å². The fourth-order valence-corrected chi connectivity index (χ4v) is 3.10. The van der Waals surface area contributed by atoms with E-state index in [1.54, 1.807) is 14.2 Å². The van der Waals surface area contributed by atoms with E-state index in [4.69, 9.17) is 9.47 Å². The van der Waals surface area contributed by atoms with Crippen LogP contribution in [-0.4, -0.2) is 20.3 Å². The monoisotopic (exact) mass is 247 g/mol. The summed E-state index contributed by atoms with van der Waals surface area (Å²) in [7, 11) is 3.50. The van der Waals surface area contributed by atoms with Crippen molar-refractivity contribution >= 4 is 0 Å². The summed E-state index contributed by atoms with van der Waals surface area (Å²) in [6, 6.07) is 5.00. The molecule has 0 aromatic heterocycles.